The lowest BCUT2D eigenvalue weighted by atomic mass is 10.1. The molecule has 36 heavy (non-hydrogen) atoms. The van der Waals surface area contributed by atoms with Crippen LogP contribution in [0.1, 0.15) is 40.7 Å². The monoisotopic (exact) mass is 486 g/mol. The molecular weight excluding hydrogens is 456 g/mol. The molecule has 1 unspecified atom stereocenters. The van der Waals surface area contributed by atoms with Gasteiger partial charge in [0.15, 0.2) is 0 Å². The van der Waals surface area contributed by atoms with Gasteiger partial charge in [0, 0.05) is 31.5 Å². The first-order valence-corrected chi connectivity index (χ1v) is 12.3. The van der Waals surface area contributed by atoms with Crippen LogP contribution in [0.25, 0.3) is 0 Å². The van der Waals surface area contributed by atoms with Gasteiger partial charge in [0.05, 0.1) is 7.11 Å². The number of methoxy groups -OCH3 is 1. The van der Waals surface area contributed by atoms with Crippen LogP contribution >= 0.6 is 0 Å². The van der Waals surface area contributed by atoms with Gasteiger partial charge in [-0.05, 0) is 55.0 Å². The molecule has 3 N–H and O–H groups in total. The Morgan fingerprint density at radius 2 is 2.00 bits per heavy atom. The Morgan fingerprint density at radius 3 is 2.83 bits per heavy atom. The van der Waals surface area contributed by atoms with E-state index in [1.54, 1.807) is 13.3 Å². The molecule has 0 aliphatic carbocycles. The van der Waals surface area contributed by atoms with Gasteiger partial charge in [-0.1, -0.05) is 30.3 Å². The van der Waals surface area contributed by atoms with Crippen LogP contribution < -0.4 is 25.6 Å². The summed E-state index contributed by atoms with van der Waals surface area (Å²) in [7, 11) is 1.63. The van der Waals surface area contributed by atoms with Crippen molar-refractivity contribution in [2.45, 2.75) is 38.3 Å². The van der Waals surface area contributed by atoms with E-state index >= 15 is 0 Å². The van der Waals surface area contributed by atoms with E-state index in [0.717, 1.165) is 42.8 Å². The SMILES string of the molecule is COc1ccc(CNc2nc(N3CCc4ccccc43)ncc2C(=O)NC2CCCCNC2=O)cc1. The summed E-state index contributed by atoms with van der Waals surface area (Å²) in [6, 6.07) is 15.3. The van der Waals surface area contributed by atoms with Crippen LogP contribution in [-0.4, -0.2) is 48.0 Å². The number of para-hydroxylation sites is 1. The number of rotatable bonds is 7. The van der Waals surface area contributed by atoms with Crippen molar-refractivity contribution in [2.75, 3.05) is 30.4 Å². The number of nitrogens with zero attached hydrogens (tertiary/aromatic N) is 3. The van der Waals surface area contributed by atoms with Crippen LogP contribution in [0.3, 0.4) is 0 Å². The molecular formula is C27H30N6O3. The maximum atomic E-state index is 13.3. The van der Waals surface area contributed by atoms with E-state index in [9.17, 15) is 9.59 Å². The lowest BCUT2D eigenvalue weighted by Gasteiger charge is -2.20. The third-order valence-corrected chi connectivity index (χ3v) is 6.61. The standard InChI is InChI=1S/C27H30N6O3/c1-36-20-11-9-18(10-12-20)16-29-24-21(25(34)31-22-7-4-5-14-28-26(22)35)17-30-27(32-24)33-15-13-19-6-2-3-8-23(19)33/h2-3,6,8-12,17,22H,4-5,7,13-16H2,1H3,(H,28,35)(H,31,34)(H,29,30,32). The molecule has 2 aliphatic rings. The topological polar surface area (TPSA) is 108 Å². The average molecular weight is 487 g/mol. The smallest absolute Gasteiger partial charge is 0.257 e. The molecule has 5 rings (SSSR count). The molecule has 0 spiro atoms. The van der Waals surface area contributed by atoms with Gasteiger partial charge < -0.3 is 25.6 Å². The predicted molar refractivity (Wildman–Crippen MR) is 138 cm³/mol. The number of carbonyl (C=O) groups excluding carboxylic acids is 2. The number of amides is 2. The molecule has 0 bridgehead atoms. The predicted octanol–water partition coefficient (Wildman–Crippen LogP) is 3.19. The number of ether oxygens (including phenoxy) is 1. The summed E-state index contributed by atoms with van der Waals surface area (Å²) in [5, 5.41) is 9.06. The van der Waals surface area contributed by atoms with Gasteiger partial charge in [-0.25, -0.2) is 4.98 Å². The number of anilines is 3. The Balaban J connectivity index is 1.41. The van der Waals surface area contributed by atoms with E-state index in [1.807, 2.05) is 36.4 Å². The fraction of sp³-hybridized carbons (Fsp3) is 0.333. The van der Waals surface area contributed by atoms with Crippen LogP contribution in [-0.2, 0) is 17.8 Å². The molecule has 2 amide bonds. The van der Waals surface area contributed by atoms with E-state index in [2.05, 4.69) is 38.0 Å². The molecule has 9 heteroatoms. The van der Waals surface area contributed by atoms with Crippen LogP contribution in [0, 0.1) is 0 Å². The third-order valence-electron chi connectivity index (χ3n) is 6.61. The van der Waals surface area contributed by atoms with E-state index in [0.29, 0.717) is 36.8 Å². The van der Waals surface area contributed by atoms with E-state index in [-0.39, 0.29) is 11.8 Å². The molecule has 1 atom stereocenters. The Labute approximate surface area is 210 Å². The fourth-order valence-electron chi connectivity index (χ4n) is 4.59. The minimum Gasteiger partial charge on any atom is -0.497 e. The summed E-state index contributed by atoms with van der Waals surface area (Å²) in [5.74, 6) is 1.20. The lowest BCUT2D eigenvalue weighted by molar-refractivity contribution is -0.122. The summed E-state index contributed by atoms with van der Waals surface area (Å²) >= 11 is 0. The van der Waals surface area contributed by atoms with Gasteiger partial charge in [-0.3, -0.25) is 9.59 Å². The number of hydrogen-bond acceptors (Lipinski definition) is 7. The van der Waals surface area contributed by atoms with Gasteiger partial charge in [-0.2, -0.15) is 4.98 Å². The first-order chi connectivity index (χ1) is 17.6. The van der Waals surface area contributed by atoms with E-state index in [4.69, 9.17) is 9.72 Å². The van der Waals surface area contributed by atoms with Crippen molar-refractivity contribution < 1.29 is 14.3 Å². The zero-order chi connectivity index (χ0) is 24.9. The number of benzene rings is 2. The van der Waals surface area contributed by atoms with Gasteiger partial charge in [0.2, 0.25) is 11.9 Å². The molecule has 0 saturated carbocycles. The van der Waals surface area contributed by atoms with E-state index < -0.39 is 6.04 Å². The maximum Gasteiger partial charge on any atom is 0.257 e. The first kappa shape index (κ1) is 23.6. The van der Waals surface area contributed by atoms with Crippen molar-refractivity contribution in [3.05, 3.63) is 71.4 Å². The van der Waals surface area contributed by atoms with Crippen LogP contribution in [0.4, 0.5) is 17.5 Å². The summed E-state index contributed by atoms with van der Waals surface area (Å²) in [4.78, 5) is 37.0. The highest BCUT2D eigenvalue weighted by molar-refractivity contribution is 6.01. The number of aromatic nitrogens is 2. The Bertz CT molecular complexity index is 1250. The third kappa shape index (κ3) is 5.10. The van der Waals surface area contributed by atoms with Crippen LogP contribution in [0.15, 0.2) is 54.7 Å². The lowest BCUT2D eigenvalue weighted by Crippen LogP contribution is -2.45. The Morgan fingerprint density at radius 1 is 1.17 bits per heavy atom. The highest BCUT2D eigenvalue weighted by Crippen LogP contribution is 2.33. The summed E-state index contributed by atoms with van der Waals surface area (Å²) in [6.45, 7) is 1.86. The first-order valence-electron chi connectivity index (χ1n) is 12.3. The Kier molecular flexibility index (Phi) is 6.97. The Hall–Kier alpha value is -4.14. The van der Waals surface area contributed by atoms with Crippen molar-refractivity contribution >= 4 is 29.3 Å². The molecule has 0 radical (unpaired) electrons. The second-order valence-electron chi connectivity index (χ2n) is 8.98. The van der Waals surface area contributed by atoms with Gasteiger partial charge in [0.1, 0.15) is 23.2 Å². The number of nitrogens with one attached hydrogen (secondary N) is 3. The maximum absolute atomic E-state index is 13.3. The van der Waals surface area contributed by atoms with Crippen molar-refractivity contribution in [3.8, 4) is 5.75 Å². The highest BCUT2D eigenvalue weighted by Gasteiger charge is 2.27. The van der Waals surface area contributed by atoms with Crippen molar-refractivity contribution in [1.82, 2.24) is 20.6 Å². The minimum atomic E-state index is -0.570. The second kappa shape index (κ2) is 10.6. The van der Waals surface area contributed by atoms with E-state index in [1.165, 1.54) is 5.56 Å². The molecule has 3 aromatic rings. The molecule has 3 heterocycles. The van der Waals surface area contributed by atoms with Gasteiger partial charge in [-0.15, -0.1) is 0 Å². The largest absolute Gasteiger partial charge is 0.497 e. The quantitative estimate of drug-likeness (QED) is 0.471. The zero-order valence-corrected chi connectivity index (χ0v) is 20.3. The number of fused-ring (bicyclic) bond motifs is 1. The summed E-state index contributed by atoms with van der Waals surface area (Å²) < 4.78 is 5.24. The minimum absolute atomic E-state index is 0.153. The van der Waals surface area contributed by atoms with Crippen LogP contribution in [0.5, 0.6) is 5.75 Å². The molecule has 1 aromatic heterocycles. The molecule has 1 fully saturated rings. The second-order valence-corrected chi connectivity index (χ2v) is 8.98. The average Bonchev–Trinajstić information content (AvgIpc) is 3.25. The number of carbonyl (C=O) groups is 2. The van der Waals surface area contributed by atoms with Gasteiger partial charge in [0.25, 0.3) is 5.91 Å². The molecule has 186 valence electrons. The molecule has 2 aromatic carbocycles. The molecule has 2 aliphatic heterocycles. The van der Waals surface area contributed by atoms with Crippen molar-refractivity contribution in [1.29, 1.82) is 0 Å². The normalized spacial score (nSPS) is 17.1. The fourth-order valence-corrected chi connectivity index (χ4v) is 4.59. The van der Waals surface area contributed by atoms with Crippen molar-refractivity contribution in [3.63, 3.8) is 0 Å². The molecule has 9 nitrogen and oxygen atoms in total. The zero-order valence-electron chi connectivity index (χ0n) is 20.3. The molecule has 1 saturated heterocycles. The van der Waals surface area contributed by atoms with Crippen molar-refractivity contribution in [2.24, 2.45) is 0 Å². The number of hydrogen-bond donors (Lipinski definition) is 3. The van der Waals surface area contributed by atoms with Gasteiger partial charge >= 0.3 is 0 Å². The van der Waals surface area contributed by atoms with Crippen LogP contribution in [0.2, 0.25) is 0 Å². The summed E-state index contributed by atoms with van der Waals surface area (Å²) in [6.07, 6.45) is 4.84. The summed E-state index contributed by atoms with van der Waals surface area (Å²) in [5.41, 5.74) is 3.63. The highest BCUT2D eigenvalue weighted by atomic mass is 16.5.